The molecule has 2 rings (SSSR count). The van der Waals surface area contributed by atoms with Crippen LogP contribution in [0.5, 0.6) is 0 Å². The Hall–Kier alpha value is -2.39. The third-order valence-electron chi connectivity index (χ3n) is 2.62. The number of pyridine rings is 1. The van der Waals surface area contributed by atoms with Crippen molar-refractivity contribution in [2.24, 2.45) is 0 Å². The number of carbonyl (C=O) groups excluding carboxylic acids is 2. The van der Waals surface area contributed by atoms with E-state index < -0.39 is 0 Å². The second-order valence-corrected chi connectivity index (χ2v) is 4.07. The molecule has 0 aromatic carbocycles. The molecule has 0 saturated carbocycles. The van der Waals surface area contributed by atoms with E-state index in [-0.39, 0.29) is 30.2 Å². The molecular weight excluding hydrogens is 246 g/mol. The average Bonchev–Trinajstić information content (AvgIpc) is 2.82. The molecule has 3 N–H and O–H groups in total. The fourth-order valence-corrected chi connectivity index (χ4v) is 1.71. The summed E-state index contributed by atoms with van der Waals surface area (Å²) in [6.07, 6.45) is 1.77. The van der Waals surface area contributed by atoms with Crippen LogP contribution in [-0.2, 0) is 4.79 Å². The highest BCUT2D eigenvalue weighted by molar-refractivity contribution is 5.93. The first-order valence-corrected chi connectivity index (χ1v) is 5.82. The molecular formula is C13H13N3O3. The molecule has 1 saturated heterocycles. The predicted octanol–water partition coefficient (Wildman–Crippen LogP) is -0.956. The zero-order valence-electron chi connectivity index (χ0n) is 10.1. The first-order chi connectivity index (χ1) is 9.19. The normalized spacial score (nSPS) is 17.3. The van der Waals surface area contributed by atoms with Crippen LogP contribution >= 0.6 is 0 Å². The molecule has 0 radical (unpaired) electrons. The van der Waals surface area contributed by atoms with Gasteiger partial charge in [-0.05, 0) is 12.1 Å². The number of nitrogens with zero attached hydrogens (tertiary/aromatic N) is 1. The van der Waals surface area contributed by atoms with Gasteiger partial charge in [0.25, 0.3) is 5.91 Å². The summed E-state index contributed by atoms with van der Waals surface area (Å²) >= 11 is 0. The molecule has 1 unspecified atom stereocenters. The average molecular weight is 259 g/mol. The van der Waals surface area contributed by atoms with E-state index in [0.29, 0.717) is 18.5 Å². The van der Waals surface area contributed by atoms with Gasteiger partial charge in [0.05, 0.1) is 6.04 Å². The number of amides is 2. The summed E-state index contributed by atoms with van der Waals surface area (Å²) in [6, 6.07) is 3.03. The van der Waals surface area contributed by atoms with Crippen molar-refractivity contribution in [2.75, 3.05) is 13.2 Å². The number of hydrogen-bond acceptors (Lipinski definition) is 4. The Labute approximate surface area is 110 Å². The summed E-state index contributed by atoms with van der Waals surface area (Å²) < 4.78 is 0. The highest BCUT2D eigenvalue weighted by Crippen LogP contribution is 2.03. The minimum absolute atomic E-state index is 0.0621. The zero-order valence-corrected chi connectivity index (χ0v) is 10.1. The Bertz CT molecular complexity index is 542. The summed E-state index contributed by atoms with van der Waals surface area (Å²) in [5.74, 6) is 4.81. The van der Waals surface area contributed by atoms with E-state index in [1.54, 1.807) is 12.1 Å². The molecule has 1 aromatic rings. The molecule has 19 heavy (non-hydrogen) atoms. The number of aromatic nitrogens is 1. The van der Waals surface area contributed by atoms with Crippen LogP contribution in [0.2, 0.25) is 0 Å². The van der Waals surface area contributed by atoms with Gasteiger partial charge in [-0.2, -0.15) is 0 Å². The third-order valence-corrected chi connectivity index (χ3v) is 2.62. The van der Waals surface area contributed by atoms with Gasteiger partial charge in [-0.1, -0.05) is 11.8 Å². The van der Waals surface area contributed by atoms with E-state index >= 15 is 0 Å². The van der Waals surface area contributed by atoms with Crippen molar-refractivity contribution >= 4 is 11.8 Å². The number of hydrogen-bond donors (Lipinski definition) is 3. The van der Waals surface area contributed by atoms with Crippen molar-refractivity contribution in [3.05, 3.63) is 29.6 Å². The van der Waals surface area contributed by atoms with Gasteiger partial charge < -0.3 is 15.7 Å². The van der Waals surface area contributed by atoms with Gasteiger partial charge in [-0.15, -0.1) is 0 Å². The molecule has 1 aromatic heterocycles. The topological polar surface area (TPSA) is 91.3 Å². The summed E-state index contributed by atoms with van der Waals surface area (Å²) in [4.78, 5) is 26.8. The van der Waals surface area contributed by atoms with E-state index in [2.05, 4.69) is 27.5 Å². The van der Waals surface area contributed by atoms with Crippen LogP contribution in [0.1, 0.15) is 22.5 Å². The number of aliphatic hydroxyl groups is 1. The molecule has 2 heterocycles. The summed E-state index contributed by atoms with van der Waals surface area (Å²) in [7, 11) is 0. The van der Waals surface area contributed by atoms with Crippen LogP contribution in [-0.4, -0.2) is 41.1 Å². The Kier molecular flexibility index (Phi) is 4.11. The first kappa shape index (κ1) is 13.1. The third kappa shape index (κ3) is 3.53. The molecule has 98 valence electrons. The molecule has 2 amide bonds. The zero-order chi connectivity index (χ0) is 13.7. The van der Waals surface area contributed by atoms with Crippen LogP contribution in [0.25, 0.3) is 0 Å². The van der Waals surface area contributed by atoms with Crippen LogP contribution in [0, 0.1) is 11.8 Å². The van der Waals surface area contributed by atoms with Crippen molar-refractivity contribution in [3.63, 3.8) is 0 Å². The minimum Gasteiger partial charge on any atom is -0.384 e. The highest BCUT2D eigenvalue weighted by atomic mass is 16.2. The van der Waals surface area contributed by atoms with Crippen LogP contribution in [0.4, 0.5) is 0 Å². The van der Waals surface area contributed by atoms with Crippen LogP contribution < -0.4 is 10.6 Å². The molecule has 6 heteroatoms. The molecule has 1 atom stereocenters. The Morgan fingerprint density at radius 3 is 3.00 bits per heavy atom. The monoisotopic (exact) mass is 259 g/mol. The molecule has 1 fully saturated rings. The molecule has 1 aliphatic rings. The largest absolute Gasteiger partial charge is 0.384 e. The van der Waals surface area contributed by atoms with Crippen molar-refractivity contribution in [1.82, 2.24) is 15.6 Å². The van der Waals surface area contributed by atoms with Gasteiger partial charge in [0.15, 0.2) is 0 Å². The molecule has 0 spiro atoms. The highest BCUT2D eigenvalue weighted by Gasteiger charge is 2.23. The Morgan fingerprint density at radius 2 is 2.42 bits per heavy atom. The fourth-order valence-electron chi connectivity index (χ4n) is 1.71. The van der Waals surface area contributed by atoms with E-state index in [0.717, 1.165) is 0 Å². The second kappa shape index (κ2) is 5.98. The summed E-state index contributed by atoms with van der Waals surface area (Å²) in [5.41, 5.74) is 0.900. The minimum atomic E-state index is -0.317. The van der Waals surface area contributed by atoms with Gasteiger partial charge in [0, 0.05) is 24.7 Å². The van der Waals surface area contributed by atoms with Gasteiger partial charge in [-0.3, -0.25) is 9.59 Å². The maximum atomic E-state index is 11.8. The van der Waals surface area contributed by atoms with E-state index in [4.69, 9.17) is 5.11 Å². The lowest BCUT2D eigenvalue weighted by Crippen LogP contribution is -2.36. The second-order valence-electron chi connectivity index (χ2n) is 4.07. The van der Waals surface area contributed by atoms with E-state index in [9.17, 15) is 9.59 Å². The Morgan fingerprint density at radius 1 is 1.58 bits per heavy atom. The standard InChI is InChI=1S/C13H13N3O3/c17-5-1-2-9-3-4-11(14-7-9)13(19)16-10-6-12(18)15-8-10/h3-4,7,10,17H,5-6,8H2,(H,15,18)(H,16,19). The lowest BCUT2D eigenvalue weighted by Gasteiger charge is -2.09. The van der Waals surface area contributed by atoms with Gasteiger partial charge in [0.2, 0.25) is 5.91 Å². The summed E-state index contributed by atoms with van der Waals surface area (Å²) in [5, 5.41) is 13.9. The number of rotatable bonds is 2. The van der Waals surface area contributed by atoms with Crippen LogP contribution in [0.3, 0.4) is 0 Å². The predicted molar refractivity (Wildman–Crippen MR) is 67.1 cm³/mol. The van der Waals surface area contributed by atoms with Crippen molar-refractivity contribution in [2.45, 2.75) is 12.5 Å². The number of aliphatic hydroxyl groups excluding tert-OH is 1. The lowest BCUT2D eigenvalue weighted by molar-refractivity contribution is -0.119. The Balaban J connectivity index is 1.97. The van der Waals surface area contributed by atoms with E-state index in [1.165, 1.54) is 6.20 Å². The molecule has 1 aliphatic heterocycles. The number of carbonyl (C=O) groups is 2. The lowest BCUT2D eigenvalue weighted by atomic mass is 10.2. The van der Waals surface area contributed by atoms with Gasteiger partial charge in [-0.25, -0.2) is 4.98 Å². The van der Waals surface area contributed by atoms with Crippen molar-refractivity contribution in [1.29, 1.82) is 0 Å². The molecule has 0 bridgehead atoms. The van der Waals surface area contributed by atoms with Gasteiger partial charge >= 0.3 is 0 Å². The first-order valence-electron chi connectivity index (χ1n) is 5.82. The molecule has 0 aliphatic carbocycles. The van der Waals surface area contributed by atoms with Gasteiger partial charge in [0.1, 0.15) is 12.3 Å². The SMILES string of the molecule is O=C1CC(NC(=O)c2ccc(C#CCO)cn2)CN1. The quantitative estimate of drug-likeness (QED) is 0.597. The smallest absolute Gasteiger partial charge is 0.270 e. The summed E-state index contributed by atoms with van der Waals surface area (Å²) in [6.45, 7) is 0.232. The molecule has 6 nitrogen and oxygen atoms in total. The van der Waals surface area contributed by atoms with Crippen molar-refractivity contribution < 1.29 is 14.7 Å². The number of nitrogens with one attached hydrogen (secondary N) is 2. The maximum Gasteiger partial charge on any atom is 0.270 e. The van der Waals surface area contributed by atoms with Crippen molar-refractivity contribution in [3.8, 4) is 11.8 Å². The fraction of sp³-hybridized carbons (Fsp3) is 0.308. The van der Waals surface area contributed by atoms with E-state index in [1.807, 2.05) is 0 Å². The maximum absolute atomic E-state index is 11.8. The van der Waals surface area contributed by atoms with Crippen LogP contribution in [0.15, 0.2) is 18.3 Å².